The summed E-state index contributed by atoms with van der Waals surface area (Å²) < 4.78 is 4.25. The van der Waals surface area contributed by atoms with Crippen LogP contribution in [-0.4, -0.2) is 27.3 Å². The standard InChI is InChI=1S/C6H13N.C2H6O/c1-6(2)3-4-7-5-6;1-3-2/h7H,3-5H2,1-2H3;1-2H3. The van der Waals surface area contributed by atoms with Gasteiger partial charge in [0.25, 0.3) is 0 Å². The lowest BCUT2D eigenvalue weighted by Gasteiger charge is -2.12. The molecule has 2 nitrogen and oxygen atoms in total. The van der Waals surface area contributed by atoms with Gasteiger partial charge in [0.1, 0.15) is 0 Å². The second-order valence-electron chi connectivity index (χ2n) is 3.50. The summed E-state index contributed by atoms with van der Waals surface area (Å²) in [5, 5.41) is 3.31. The van der Waals surface area contributed by atoms with E-state index in [2.05, 4.69) is 23.9 Å². The van der Waals surface area contributed by atoms with Gasteiger partial charge in [-0.25, -0.2) is 0 Å². The van der Waals surface area contributed by atoms with Gasteiger partial charge in [-0.3, -0.25) is 0 Å². The fraction of sp³-hybridized carbons (Fsp3) is 1.00. The molecule has 0 spiro atoms. The number of methoxy groups -OCH3 is 1. The smallest absolute Gasteiger partial charge is 0.0351 e. The van der Waals surface area contributed by atoms with Crippen LogP contribution in [0.5, 0.6) is 0 Å². The predicted octanol–water partition coefficient (Wildman–Crippen LogP) is 1.27. The molecule has 0 aromatic rings. The Morgan fingerprint density at radius 2 is 1.80 bits per heavy atom. The molecule has 0 unspecified atom stereocenters. The molecule has 62 valence electrons. The molecule has 0 atom stereocenters. The van der Waals surface area contributed by atoms with Crippen molar-refractivity contribution in [2.24, 2.45) is 5.41 Å². The molecule has 0 aromatic heterocycles. The second kappa shape index (κ2) is 4.69. The van der Waals surface area contributed by atoms with Crippen LogP contribution in [0.25, 0.3) is 0 Å². The maximum absolute atomic E-state index is 4.25. The Labute approximate surface area is 64.0 Å². The highest BCUT2D eigenvalue weighted by Crippen LogP contribution is 2.21. The van der Waals surface area contributed by atoms with Crippen molar-refractivity contribution in [3.8, 4) is 0 Å². The van der Waals surface area contributed by atoms with Crippen molar-refractivity contribution in [3.63, 3.8) is 0 Å². The van der Waals surface area contributed by atoms with Crippen LogP contribution in [0.15, 0.2) is 0 Å². The first-order valence-electron chi connectivity index (χ1n) is 3.73. The Balaban J connectivity index is 0.000000236. The van der Waals surface area contributed by atoms with Gasteiger partial charge in [0.05, 0.1) is 0 Å². The summed E-state index contributed by atoms with van der Waals surface area (Å²) in [7, 11) is 3.25. The first-order chi connectivity index (χ1) is 4.62. The molecule has 0 aromatic carbocycles. The summed E-state index contributed by atoms with van der Waals surface area (Å²) in [6.45, 7) is 7.01. The van der Waals surface area contributed by atoms with E-state index >= 15 is 0 Å². The molecule has 1 aliphatic rings. The molecule has 0 aliphatic carbocycles. The average molecular weight is 145 g/mol. The highest BCUT2D eigenvalue weighted by Gasteiger charge is 2.21. The fourth-order valence-corrected chi connectivity index (χ4v) is 0.942. The van der Waals surface area contributed by atoms with E-state index in [-0.39, 0.29) is 0 Å². The molecule has 10 heavy (non-hydrogen) atoms. The van der Waals surface area contributed by atoms with E-state index in [0.717, 1.165) is 0 Å². The first kappa shape index (κ1) is 9.92. The molecule has 1 rings (SSSR count). The lowest BCUT2D eigenvalue weighted by atomic mass is 9.93. The molecule has 0 saturated carbocycles. The maximum atomic E-state index is 4.25. The van der Waals surface area contributed by atoms with E-state index in [0.29, 0.717) is 5.41 Å². The zero-order valence-electron chi connectivity index (χ0n) is 7.53. The molecule has 1 saturated heterocycles. The van der Waals surface area contributed by atoms with Crippen molar-refractivity contribution in [1.82, 2.24) is 5.32 Å². The number of nitrogens with one attached hydrogen (secondary N) is 1. The summed E-state index contributed by atoms with van der Waals surface area (Å²) in [5.74, 6) is 0. The molecule has 0 amide bonds. The van der Waals surface area contributed by atoms with Gasteiger partial charge in [-0.1, -0.05) is 13.8 Å². The van der Waals surface area contributed by atoms with Crippen LogP contribution in [0.1, 0.15) is 20.3 Å². The minimum Gasteiger partial charge on any atom is -0.388 e. The van der Waals surface area contributed by atoms with Crippen molar-refractivity contribution in [3.05, 3.63) is 0 Å². The highest BCUT2D eigenvalue weighted by atomic mass is 16.4. The van der Waals surface area contributed by atoms with Gasteiger partial charge in [0.2, 0.25) is 0 Å². The predicted molar refractivity (Wildman–Crippen MR) is 44.2 cm³/mol. The molecular formula is C8H19NO. The largest absolute Gasteiger partial charge is 0.388 e. The van der Waals surface area contributed by atoms with Gasteiger partial charge in [0.15, 0.2) is 0 Å². The summed E-state index contributed by atoms with van der Waals surface area (Å²) >= 11 is 0. The van der Waals surface area contributed by atoms with Crippen LogP contribution in [0.4, 0.5) is 0 Å². The zero-order chi connectivity index (χ0) is 8.04. The van der Waals surface area contributed by atoms with Gasteiger partial charge in [-0.05, 0) is 18.4 Å². The number of rotatable bonds is 0. The third-order valence-electron chi connectivity index (χ3n) is 1.58. The van der Waals surface area contributed by atoms with Crippen LogP contribution >= 0.6 is 0 Å². The van der Waals surface area contributed by atoms with E-state index in [1.807, 2.05) is 0 Å². The van der Waals surface area contributed by atoms with E-state index in [9.17, 15) is 0 Å². The average Bonchev–Trinajstić information content (AvgIpc) is 2.16. The molecule has 0 radical (unpaired) electrons. The third kappa shape index (κ3) is 4.77. The van der Waals surface area contributed by atoms with E-state index in [1.165, 1.54) is 19.5 Å². The van der Waals surface area contributed by atoms with Crippen LogP contribution in [0.3, 0.4) is 0 Å². The highest BCUT2D eigenvalue weighted by molar-refractivity contribution is 4.78. The fourth-order valence-electron chi connectivity index (χ4n) is 0.942. The van der Waals surface area contributed by atoms with Gasteiger partial charge < -0.3 is 10.1 Å². The number of hydrogen-bond acceptors (Lipinski definition) is 2. The normalized spacial score (nSPS) is 21.6. The molecular weight excluding hydrogens is 126 g/mol. The van der Waals surface area contributed by atoms with Crippen LogP contribution in [0, 0.1) is 5.41 Å². The Hall–Kier alpha value is -0.0800. The van der Waals surface area contributed by atoms with E-state index in [1.54, 1.807) is 14.2 Å². The lowest BCUT2D eigenvalue weighted by Crippen LogP contribution is -2.15. The van der Waals surface area contributed by atoms with E-state index in [4.69, 9.17) is 0 Å². The van der Waals surface area contributed by atoms with Gasteiger partial charge in [0, 0.05) is 20.8 Å². The minimum atomic E-state index is 0.583. The lowest BCUT2D eigenvalue weighted by molar-refractivity contribution is 0.277. The Bertz CT molecular complexity index is 73.3. The SMILES string of the molecule is CC1(C)CCNC1.COC. The third-order valence-corrected chi connectivity index (χ3v) is 1.58. The number of ether oxygens (including phenoxy) is 1. The van der Waals surface area contributed by atoms with Gasteiger partial charge >= 0.3 is 0 Å². The van der Waals surface area contributed by atoms with Crippen molar-refractivity contribution in [2.75, 3.05) is 27.3 Å². The van der Waals surface area contributed by atoms with E-state index < -0.39 is 0 Å². The Morgan fingerprint density at radius 1 is 1.30 bits per heavy atom. The number of hydrogen-bond donors (Lipinski definition) is 1. The van der Waals surface area contributed by atoms with Crippen LogP contribution in [-0.2, 0) is 4.74 Å². The summed E-state index contributed by atoms with van der Waals surface area (Å²) in [6.07, 6.45) is 1.34. The van der Waals surface area contributed by atoms with Gasteiger partial charge in [-0.15, -0.1) is 0 Å². The quantitative estimate of drug-likeness (QED) is 0.554. The van der Waals surface area contributed by atoms with Crippen LogP contribution in [0.2, 0.25) is 0 Å². The Kier molecular flexibility index (Phi) is 4.65. The summed E-state index contributed by atoms with van der Waals surface area (Å²) in [6, 6.07) is 0. The van der Waals surface area contributed by atoms with Crippen molar-refractivity contribution in [2.45, 2.75) is 20.3 Å². The molecule has 0 bridgehead atoms. The second-order valence-corrected chi connectivity index (χ2v) is 3.50. The molecule has 1 heterocycles. The van der Waals surface area contributed by atoms with Crippen molar-refractivity contribution < 1.29 is 4.74 Å². The molecule has 1 N–H and O–H groups in total. The molecule has 1 aliphatic heterocycles. The topological polar surface area (TPSA) is 21.3 Å². The summed E-state index contributed by atoms with van der Waals surface area (Å²) in [5.41, 5.74) is 0.583. The monoisotopic (exact) mass is 145 g/mol. The van der Waals surface area contributed by atoms with Gasteiger partial charge in [-0.2, -0.15) is 0 Å². The molecule has 2 heteroatoms. The maximum Gasteiger partial charge on any atom is 0.0351 e. The molecule has 1 fully saturated rings. The van der Waals surface area contributed by atoms with Crippen LogP contribution < -0.4 is 5.32 Å². The van der Waals surface area contributed by atoms with Crippen molar-refractivity contribution in [1.29, 1.82) is 0 Å². The summed E-state index contributed by atoms with van der Waals surface area (Å²) in [4.78, 5) is 0. The minimum absolute atomic E-state index is 0.583. The van der Waals surface area contributed by atoms with Crippen molar-refractivity contribution >= 4 is 0 Å². The Morgan fingerprint density at radius 3 is 1.90 bits per heavy atom. The zero-order valence-corrected chi connectivity index (χ0v) is 7.53. The first-order valence-corrected chi connectivity index (χ1v) is 3.73.